The van der Waals surface area contributed by atoms with E-state index in [2.05, 4.69) is 13.0 Å². The summed E-state index contributed by atoms with van der Waals surface area (Å²) in [7, 11) is 0. The molecule has 3 rings (SSSR count). The van der Waals surface area contributed by atoms with Crippen LogP contribution in [0, 0.1) is 13.8 Å². The molecular formula is C19H16O2. The van der Waals surface area contributed by atoms with E-state index in [1.807, 2.05) is 55.5 Å². The Labute approximate surface area is 123 Å². The number of hydrogen-bond donors (Lipinski definition) is 1. The van der Waals surface area contributed by atoms with Gasteiger partial charge in [0.2, 0.25) is 0 Å². The van der Waals surface area contributed by atoms with Gasteiger partial charge in [0.1, 0.15) is 0 Å². The molecule has 21 heavy (non-hydrogen) atoms. The summed E-state index contributed by atoms with van der Waals surface area (Å²) in [5, 5.41) is 11.8. The molecule has 0 aromatic heterocycles. The van der Waals surface area contributed by atoms with Gasteiger partial charge < -0.3 is 5.11 Å². The zero-order chi connectivity index (χ0) is 15.0. The highest BCUT2D eigenvalue weighted by atomic mass is 16.4. The lowest BCUT2D eigenvalue weighted by Crippen LogP contribution is -2.03. The first kappa shape index (κ1) is 13.4. The van der Waals surface area contributed by atoms with Gasteiger partial charge in [0, 0.05) is 0 Å². The molecule has 0 aliphatic heterocycles. The van der Waals surface area contributed by atoms with Crippen molar-refractivity contribution in [2.24, 2.45) is 0 Å². The summed E-state index contributed by atoms with van der Waals surface area (Å²) in [5.41, 5.74) is 4.10. The highest BCUT2D eigenvalue weighted by molar-refractivity contribution is 6.05. The average molecular weight is 276 g/mol. The number of aromatic carboxylic acids is 1. The lowest BCUT2D eigenvalue weighted by Gasteiger charge is -2.13. The van der Waals surface area contributed by atoms with Crippen LogP contribution < -0.4 is 0 Å². The number of benzene rings is 3. The summed E-state index contributed by atoms with van der Waals surface area (Å²) in [6.45, 7) is 3.91. The van der Waals surface area contributed by atoms with Crippen LogP contribution in [0.15, 0.2) is 54.6 Å². The van der Waals surface area contributed by atoms with Crippen LogP contribution in [0.1, 0.15) is 21.5 Å². The van der Waals surface area contributed by atoms with Crippen molar-refractivity contribution in [3.63, 3.8) is 0 Å². The van der Waals surface area contributed by atoms with E-state index >= 15 is 0 Å². The van der Waals surface area contributed by atoms with E-state index in [0.29, 0.717) is 5.56 Å². The summed E-state index contributed by atoms with van der Waals surface area (Å²) < 4.78 is 0. The number of carboxylic acids is 1. The van der Waals surface area contributed by atoms with Crippen LogP contribution in [0.3, 0.4) is 0 Å². The minimum Gasteiger partial charge on any atom is -0.478 e. The Kier molecular flexibility index (Phi) is 3.22. The molecule has 0 fully saturated rings. The van der Waals surface area contributed by atoms with Crippen molar-refractivity contribution in [2.45, 2.75) is 13.8 Å². The number of aryl methyl sites for hydroxylation is 2. The van der Waals surface area contributed by atoms with Gasteiger partial charge in [-0.2, -0.15) is 0 Å². The molecule has 0 atom stereocenters. The lowest BCUT2D eigenvalue weighted by molar-refractivity contribution is 0.0697. The predicted molar refractivity (Wildman–Crippen MR) is 85.8 cm³/mol. The molecule has 104 valence electrons. The Morgan fingerprint density at radius 1 is 0.762 bits per heavy atom. The molecule has 2 nitrogen and oxygen atoms in total. The first-order valence-electron chi connectivity index (χ1n) is 6.91. The van der Waals surface area contributed by atoms with Crippen LogP contribution in [0.5, 0.6) is 0 Å². The maximum absolute atomic E-state index is 11.6. The fourth-order valence-electron chi connectivity index (χ4n) is 2.86. The van der Waals surface area contributed by atoms with Crippen LogP contribution in [-0.2, 0) is 0 Å². The summed E-state index contributed by atoms with van der Waals surface area (Å²) in [6, 6.07) is 17.8. The van der Waals surface area contributed by atoms with Gasteiger partial charge >= 0.3 is 5.97 Å². The molecule has 1 N–H and O–H groups in total. The lowest BCUT2D eigenvalue weighted by atomic mass is 9.91. The molecule has 0 aliphatic rings. The monoisotopic (exact) mass is 276 g/mol. The van der Waals surface area contributed by atoms with Gasteiger partial charge in [0.25, 0.3) is 0 Å². The van der Waals surface area contributed by atoms with Gasteiger partial charge in [-0.25, -0.2) is 4.79 Å². The van der Waals surface area contributed by atoms with Gasteiger partial charge in [0.15, 0.2) is 0 Å². The molecule has 0 amide bonds. The molecule has 0 unspecified atom stereocenters. The second kappa shape index (κ2) is 5.06. The standard InChI is InChI=1S/C19H16O2/c1-12-10-11-16(15-8-4-3-7-14(12)15)17-9-5-6-13(2)18(17)19(20)21/h3-11H,1-2H3,(H,20,21). The highest BCUT2D eigenvalue weighted by Gasteiger charge is 2.16. The fraction of sp³-hybridized carbons (Fsp3) is 0.105. The minimum atomic E-state index is -0.882. The van der Waals surface area contributed by atoms with Crippen LogP contribution in [0.25, 0.3) is 21.9 Å². The molecule has 0 aliphatic carbocycles. The summed E-state index contributed by atoms with van der Waals surface area (Å²) in [6.07, 6.45) is 0. The van der Waals surface area contributed by atoms with Crippen LogP contribution in [0.4, 0.5) is 0 Å². The highest BCUT2D eigenvalue weighted by Crippen LogP contribution is 2.33. The minimum absolute atomic E-state index is 0.381. The molecule has 0 saturated carbocycles. The van der Waals surface area contributed by atoms with E-state index in [1.54, 1.807) is 0 Å². The molecular weight excluding hydrogens is 260 g/mol. The molecule has 0 heterocycles. The van der Waals surface area contributed by atoms with Crippen molar-refractivity contribution < 1.29 is 9.90 Å². The fourth-order valence-corrected chi connectivity index (χ4v) is 2.86. The van der Waals surface area contributed by atoms with Gasteiger partial charge in [-0.1, -0.05) is 54.6 Å². The zero-order valence-electron chi connectivity index (χ0n) is 12.1. The van der Waals surface area contributed by atoms with E-state index in [9.17, 15) is 9.90 Å². The van der Waals surface area contributed by atoms with E-state index in [1.165, 1.54) is 5.56 Å². The maximum atomic E-state index is 11.6. The second-order valence-electron chi connectivity index (χ2n) is 5.28. The third-order valence-electron chi connectivity index (χ3n) is 3.92. The normalized spacial score (nSPS) is 10.8. The number of hydrogen-bond acceptors (Lipinski definition) is 1. The third kappa shape index (κ3) is 2.19. The predicted octanol–water partition coefficient (Wildman–Crippen LogP) is 4.82. The summed E-state index contributed by atoms with van der Waals surface area (Å²) in [5.74, 6) is -0.882. The first-order chi connectivity index (χ1) is 10.1. The quantitative estimate of drug-likeness (QED) is 0.728. The molecule has 3 aromatic carbocycles. The molecule has 0 bridgehead atoms. The number of carbonyl (C=O) groups is 1. The molecule has 0 radical (unpaired) electrons. The van der Waals surface area contributed by atoms with E-state index in [4.69, 9.17) is 0 Å². The van der Waals surface area contributed by atoms with Gasteiger partial charge in [0.05, 0.1) is 5.56 Å². The van der Waals surface area contributed by atoms with Crippen molar-refractivity contribution in [1.82, 2.24) is 0 Å². The topological polar surface area (TPSA) is 37.3 Å². The smallest absolute Gasteiger partial charge is 0.336 e. The van der Waals surface area contributed by atoms with Crippen LogP contribution in [-0.4, -0.2) is 11.1 Å². The van der Waals surface area contributed by atoms with Gasteiger partial charge in [-0.3, -0.25) is 0 Å². The van der Waals surface area contributed by atoms with Crippen molar-refractivity contribution in [2.75, 3.05) is 0 Å². The molecule has 0 saturated heterocycles. The maximum Gasteiger partial charge on any atom is 0.336 e. The molecule has 3 aromatic rings. The van der Waals surface area contributed by atoms with Crippen molar-refractivity contribution >= 4 is 16.7 Å². The zero-order valence-corrected chi connectivity index (χ0v) is 12.1. The van der Waals surface area contributed by atoms with E-state index < -0.39 is 5.97 Å². The first-order valence-corrected chi connectivity index (χ1v) is 6.91. The Hall–Kier alpha value is -2.61. The Morgan fingerprint density at radius 3 is 2.19 bits per heavy atom. The summed E-state index contributed by atoms with van der Waals surface area (Å²) in [4.78, 5) is 11.6. The molecule has 0 spiro atoms. The van der Waals surface area contributed by atoms with Crippen LogP contribution >= 0.6 is 0 Å². The largest absolute Gasteiger partial charge is 0.478 e. The molecule has 2 heteroatoms. The van der Waals surface area contributed by atoms with Gasteiger partial charge in [-0.15, -0.1) is 0 Å². The Bertz CT molecular complexity index is 847. The van der Waals surface area contributed by atoms with Gasteiger partial charge in [-0.05, 0) is 46.9 Å². The van der Waals surface area contributed by atoms with Crippen molar-refractivity contribution in [3.05, 3.63) is 71.3 Å². The number of carboxylic acid groups (broad SMARTS) is 1. The Balaban J connectivity index is 2.40. The SMILES string of the molecule is Cc1cccc(-c2ccc(C)c3ccccc23)c1C(=O)O. The third-order valence-corrected chi connectivity index (χ3v) is 3.92. The number of rotatable bonds is 2. The van der Waals surface area contributed by atoms with Crippen molar-refractivity contribution in [1.29, 1.82) is 0 Å². The van der Waals surface area contributed by atoms with E-state index in [0.717, 1.165) is 27.5 Å². The van der Waals surface area contributed by atoms with Crippen molar-refractivity contribution in [3.8, 4) is 11.1 Å². The summed E-state index contributed by atoms with van der Waals surface area (Å²) >= 11 is 0. The average Bonchev–Trinajstić information content (AvgIpc) is 2.47. The second-order valence-corrected chi connectivity index (χ2v) is 5.28. The van der Waals surface area contributed by atoms with E-state index in [-0.39, 0.29) is 0 Å². The van der Waals surface area contributed by atoms with Crippen LogP contribution in [0.2, 0.25) is 0 Å². The Morgan fingerprint density at radius 2 is 1.48 bits per heavy atom. The number of fused-ring (bicyclic) bond motifs is 1.